The van der Waals surface area contributed by atoms with Gasteiger partial charge in [-0.2, -0.15) is 0 Å². The highest BCUT2D eigenvalue weighted by molar-refractivity contribution is 6.35. The van der Waals surface area contributed by atoms with Crippen LogP contribution in [0.1, 0.15) is 20.8 Å². The number of benzene rings is 1. The summed E-state index contributed by atoms with van der Waals surface area (Å²) < 4.78 is 0. The molecule has 1 unspecified atom stereocenters. The van der Waals surface area contributed by atoms with Gasteiger partial charge < -0.3 is 10.2 Å². The van der Waals surface area contributed by atoms with Crippen LogP contribution in [-0.4, -0.2) is 24.7 Å². The highest BCUT2D eigenvalue weighted by Crippen LogP contribution is 2.29. The number of hydrogen-bond donors (Lipinski definition) is 1. The van der Waals surface area contributed by atoms with Crippen LogP contribution in [0.5, 0.6) is 0 Å². The zero-order valence-electron chi connectivity index (χ0n) is 10.4. The second-order valence-electron chi connectivity index (χ2n) is 5.37. The van der Waals surface area contributed by atoms with Crippen molar-refractivity contribution in [3.05, 3.63) is 28.2 Å². The Labute approximate surface area is 113 Å². The van der Waals surface area contributed by atoms with E-state index in [2.05, 4.69) is 31.0 Å². The maximum Gasteiger partial charge on any atom is 0.0441 e. The Balaban J connectivity index is 2.30. The van der Waals surface area contributed by atoms with Gasteiger partial charge in [-0.15, -0.1) is 0 Å². The van der Waals surface area contributed by atoms with Gasteiger partial charge in [0.2, 0.25) is 0 Å². The molecule has 0 bridgehead atoms. The van der Waals surface area contributed by atoms with Crippen molar-refractivity contribution >= 4 is 28.9 Å². The van der Waals surface area contributed by atoms with Crippen molar-refractivity contribution in [1.29, 1.82) is 0 Å². The summed E-state index contributed by atoms with van der Waals surface area (Å²) in [7, 11) is 0. The minimum atomic E-state index is 0.112. The molecule has 1 aliphatic heterocycles. The molecule has 0 amide bonds. The Morgan fingerprint density at radius 3 is 2.41 bits per heavy atom. The Hall–Kier alpha value is -0.440. The molecule has 4 heteroatoms. The second kappa shape index (κ2) is 4.68. The Morgan fingerprint density at radius 2 is 1.82 bits per heavy atom. The fraction of sp³-hybridized carbons (Fsp3) is 0.538. The lowest BCUT2D eigenvalue weighted by Gasteiger charge is -2.44. The fourth-order valence-electron chi connectivity index (χ4n) is 2.22. The van der Waals surface area contributed by atoms with Crippen LogP contribution in [-0.2, 0) is 0 Å². The van der Waals surface area contributed by atoms with Gasteiger partial charge in [0.15, 0.2) is 0 Å². The summed E-state index contributed by atoms with van der Waals surface area (Å²) in [6, 6.07) is 6.17. The molecule has 1 aliphatic rings. The molecule has 0 spiro atoms. The normalized spacial score (nSPS) is 23.8. The third-order valence-corrected chi connectivity index (χ3v) is 3.59. The van der Waals surface area contributed by atoms with E-state index in [0.29, 0.717) is 16.1 Å². The first-order valence-electron chi connectivity index (χ1n) is 5.85. The van der Waals surface area contributed by atoms with Gasteiger partial charge in [0.05, 0.1) is 0 Å². The smallest absolute Gasteiger partial charge is 0.0441 e. The third kappa shape index (κ3) is 3.06. The van der Waals surface area contributed by atoms with Gasteiger partial charge in [0.1, 0.15) is 0 Å². The monoisotopic (exact) mass is 272 g/mol. The highest BCUT2D eigenvalue weighted by Gasteiger charge is 2.30. The predicted octanol–water partition coefficient (Wildman–Crippen LogP) is 3.57. The van der Waals surface area contributed by atoms with Crippen molar-refractivity contribution in [2.24, 2.45) is 0 Å². The summed E-state index contributed by atoms with van der Waals surface area (Å²) in [4.78, 5) is 2.36. The fourth-order valence-corrected chi connectivity index (χ4v) is 2.74. The SMILES string of the molecule is CC1CNC(C)(C)CN1c1cc(Cl)cc(Cl)c1. The van der Waals surface area contributed by atoms with E-state index in [0.717, 1.165) is 18.8 Å². The van der Waals surface area contributed by atoms with Gasteiger partial charge in [-0.3, -0.25) is 0 Å². The molecule has 1 fully saturated rings. The molecule has 0 saturated carbocycles. The number of nitrogens with one attached hydrogen (secondary N) is 1. The average molecular weight is 273 g/mol. The first-order chi connectivity index (χ1) is 7.87. The molecule has 2 rings (SSSR count). The van der Waals surface area contributed by atoms with Crippen molar-refractivity contribution in [3.63, 3.8) is 0 Å². The molecular formula is C13H18Cl2N2. The van der Waals surface area contributed by atoms with Crippen molar-refractivity contribution in [3.8, 4) is 0 Å². The van der Waals surface area contributed by atoms with Gasteiger partial charge in [-0.1, -0.05) is 23.2 Å². The van der Waals surface area contributed by atoms with E-state index in [1.54, 1.807) is 6.07 Å². The molecule has 17 heavy (non-hydrogen) atoms. The van der Waals surface area contributed by atoms with Crippen LogP contribution in [0.3, 0.4) is 0 Å². The maximum absolute atomic E-state index is 6.06. The van der Waals surface area contributed by atoms with Crippen molar-refractivity contribution in [1.82, 2.24) is 5.32 Å². The molecule has 1 N–H and O–H groups in total. The zero-order valence-corrected chi connectivity index (χ0v) is 11.9. The molecule has 0 radical (unpaired) electrons. The molecule has 94 valence electrons. The summed E-state index contributed by atoms with van der Waals surface area (Å²) in [5, 5.41) is 4.91. The lowest BCUT2D eigenvalue weighted by Crippen LogP contribution is -2.61. The van der Waals surface area contributed by atoms with E-state index in [-0.39, 0.29) is 5.54 Å². The zero-order chi connectivity index (χ0) is 12.6. The quantitative estimate of drug-likeness (QED) is 0.841. The summed E-state index contributed by atoms with van der Waals surface area (Å²) >= 11 is 12.1. The van der Waals surface area contributed by atoms with Crippen LogP contribution >= 0.6 is 23.2 Å². The van der Waals surface area contributed by atoms with Crippen LogP contribution < -0.4 is 10.2 Å². The number of piperazine rings is 1. The average Bonchev–Trinajstić information content (AvgIpc) is 2.20. The van der Waals surface area contributed by atoms with Gasteiger partial charge in [-0.25, -0.2) is 0 Å². The Kier molecular flexibility index (Phi) is 3.58. The maximum atomic E-state index is 6.06. The number of hydrogen-bond acceptors (Lipinski definition) is 2. The second-order valence-corrected chi connectivity index (χ2v) is 6.24. The van der Waals surface area contributed by atoms with E-state index < -0.39 is 0 Å². The topological polar surface area (TPSA) is 15.3 Å². The largest absolute Gasteiger partial charge is 0.366 e. The molecule has 1 saturated heterocycles. The van der Waals surface area contributed by atoms with Crippen molar-refractivity contribution < 1.29 is 0 Å². The minimum Gasteiger partial charge on any atom is -0.366 e. The first kappa shape index (κ1) is 13.0. The van der Waals surface area contributed by atoms with E-state index in [9.17, 15) is 0 Å². The van der Waals surface area contributed by atoms with Crippen molar-refractivity contribution in [2.75, 3.05) is 18.0 Å². The van der Waals surface area contributed by atoms with E-state index in [4.69, 9.17) is 23.2 Å². The van der Waals surface area contributed by atoms with Crippen LogP contribution in [0.25, 0.3) is 0 Å². The molecule has 1 aromatic carbocycles. The number of rotatable bonds is 1. The van der Waals surface area contributed by atoms with E-state index in [1.165, 1.54) is 0 Å². The lowest BCUT2D eigenvalue weighted by molar-refractivity contribution is 0.318. The summed E-state index contributed by atoms with van der Waals surface area (Å²) in [6.45, 7) is 8.54. The van der Waals surface area contributed by atoms with Crippen molar-refractivity contribution in [2.45, 2.75) is 32.4 Å². The van der Waals surface area contributed by atoms with Crippen LogP contribution in [0, 0.1) is 0 Å². The first-order valence-corrected chi connectivity index (χ1v) is 6.61. The molecule has 1 aromatic rings. The number of anilines is 1. The lowest BCUT2D eigenvalue weighted by atomic mass is 9.98. The number of halogens is 2. The molecule has 2 nitrogen and oxygen atoms in total. The van der Waals surface area contributed by atoms with E-state index in [1.807, 2.05) is 12.1 Å². The molecule has 0 aromatic heterocycles. The Bertz CT molecular complexity index is 398. The highest BCUT2D eigenvalue weighted by atomic mass is 35.5. The summed E-state index contributed by atoms with van der Waals surface area (Å²) in [5.41, 5.74) is 1.21. The van der Waals surface area contributed by atoms with Gasteiger partial charge in [0.25, 0.3) is 0 Å². The van der Waals surface area contributed by atoms with Crippen LogP contribution in [0.4, 0.5) is 5.69 Å². The van der Waals surface area contributed by atoms with Crippen LogP contribution in [0.2, 0.25) is 10.0 Å². The van der Waals surface area contributed by atoms with Gasteiger partial charge in [0, 0.05) is 40.4 Å². The standard InChI is InChI=1S/C13H18Cl2N2/c1-9-7-16-13(2,3)8-17(9)12-5-10(14)4-11(15)6-12/h4-6,9,16H,7-8H2,1-3H3. The summed E-state index contributed by atoms with van der Waals surface area (Å²) in [5.74, 6) is 0. The van der Waals surface area contributed by atoms with Gasteiger partial charge in [-0.05, 0) is 39.0 Å². The molecular weight excluding hydrogens is 255 g/mol. The minimum absolute atomic E-state index is 0.112. The van der Waals surface area contributed by atoms with Crippen LogP contribution in [0.15, 0.2) is 18.2 Å². The number of nitrogens with zero attached hydrogens (tertiary/aromatic N) is 1. The Morgan fingerprint density at radius 1 is 1.24 bits per heavy atom. The summed E-state index contributed by atoms with van der Waals surface area (Å²) in [6.07, 6.45) is 0. The predicted molar refractivity (Wildman–Crippen MR) is 75.4 cm³/mol. The third-order valence-electron chi connectivity index (χ3n) is 3.15. The molecule has 1 atom stereocenters. The van der Waals surface area contributed by atoms with E-state index >= 15 is 0 Å². The molecule has 1 heterocycles. The van der Waals surface area contributed by atoms with Gasteiger partial charge >= 0.3 is 0 Å². The molecule has 0 aliphatic carbocycles.